The molecule has 3 aromatic rings. The van der Waals surface area contributed by atoms with E-state index in [0.29, 0.717) is 6.61 Å². The Morgan fingerprint density at radius 3 is 2.60 bits per heavy atom. The molecule has 0 bridgehead atoms. The Hall–Kier alpha value is -2.14. The van der Waals surface area contributed by atoms with E-state index in [-0.39, 0.29) is 44.7 Å². The zero-order valence-electron chi connectivity index (χ0n) is 18.4. The molecule has 2 heterocycles. The minimum atomic E-state index is -4.13. The molecule has 2 aromatic carbocycles. The average molecular weight is 559 g/mol. The number of anilines is 1. The van der Waals surface area contributed by atoms with Gasteiger partial charge in [0.15, 0.2) is 11.4 Å². The topological polar surface area (TPSA) is 99.6 Å². The van der Waals surface area contributed by atoms with Crippen molar-refractivity contribution >= 4 is 50.6 Å². The average Bonchev–Trinajstić information content (AvgIpc) is 2.85. The summed E-state index contributed by atoms with van der Waals surface area (Å²) in [5, 5.41) is 0.0363. The number of hydrogen-bond acceptors (Lipinski definition) is 7. The second-order valence-corrected chi connectivity index (χ2v) is 10.5. The van der Waals surface area contributed by atoms with Crippen LogP contribution in [0.3, 0.4) is 0 Å². The van der Waals surface area contributed by atoms with Gasteiger partial charge in [0.25, 0.3) is 15.9 Å². The monoisotopic (exact) mass is 557 g/mol. The Morgan fingerprint density at radius 1 is 1.06 bits per heavy atom. The van der Waals surface area contributed by atoms with Crippen molar-refractivity contribution in [1.82, 2.24) is 9.97 Å². The van der Waals surface area contributed by atoms with Crippen LogP contribution in [0.25, 0.3) is 0 Å². The first-order valence-corrected chi connectivity index (χ1v) is 13.4. The van der Waals surface area contributed by atoms with Gasteiger partial charge in [-0.3, -0.25) is 4.72 Å². The van der Waals surface area contributed by atoms with Crippen LogP contribution in [0.15, 0.2) is 53.6 Å². The lowest BCUT2D eigenvalue weighted by Gasteiger charge is -2.22. The van der Waals surface area contributed by atoms with Crippen LogP contribution in [0.2, 0.25) is 15.2 Å². The van der Waals surface area contributed by atoms with E-state index in [1.165, 1.54) is 24.4 Å². The highest BCUT2D eigenvalue weighted by molar-refractivity contribution is 7.92. The largest absolute Gasteiger partial charge is 0.470 e. The van der Waals surface area contributed by atoms with Crippen molar-refractivity contribution in [2.75, 3.05) is 11.3 Å². The molecule has 1 aliphatic heterocycles. The summed E-state index contributed by atoms with van der Waals surface area (Å²) in [6, 6.07) is 11.9. The molecule has 0 amide bonds. The van der Waals surface area contributed by atoms with Gasteiger partial charge in [-0.05, 0) is 42.5 Å². The van der Waals surface area contributed by atoms with Crippen LogP contribution in [0.5, 0.6) is 5.88 Å². The van der Waals surface area contributed by atoms with E-state index < -0.39 is 10.0 Å². The Morgan fingerprint density at radius 2 is 1.83 bits per heavy atom. The third-order valence-corrected chi connectivity index (χ3v) is 7.58. The molecule has 1 saturated heterocycles. The fourth-order valence-electron chi connectivity index (χ4n) is 3.39. The van der Waals surface area contributed by atoms with E-state index in [0.717, 1.165) is 37.0 Å². The zero-order chi connectivity index (χ0) is 24.8. The van der Waals surface area contributed by atoms with Gasteiger partial charge >= 0.3 is 0 Å². The van der Waals surface area contributed by atoms with E-state index in [4.69, 9.17) is 49.0 Å². The number of nitrogens with one attached hydrogen (secondary N) is 1. The molecular weight excluding hydrogens is 537 g/mol. The van der Waals surface area contributed by atoms with Crippen molar-refractivity contribution in [3.8, 4) is 5.88 Å². The molecule has 1 N–H and O–H groups in total. The van der Waals surface area contributed by atoms with E-state index in [1.54, 1.807) is 0 Å². The van der Waals surface area contributed by atoms with Gasteiger partial charge < -0.3 is 14.2 Å². The Balaban J connectivity index is 1.46. The molecule has 0 radical (unpaired) electrons. The molecule has 186 valence electrons. The predicted molar refractivity (Wildman–Crippen MR) is 133 cm³/mol. The molecule has 1 aromatic heterocycles. The van der Waals surface area contributed by atoms with E-state index >= 15 is 0 Å². The van der Waals surface area contributed by atoms with Crippen molar-refractivity contribution in [3.63, 3.8) is 0 Å². The molecule has 1 fully saturated rings. The molecule has 0 spiro atoms. The predicted octanol–water partition coefficient (Wildman–Crippen LogP) is 5.86. The van der Waals surface area contributed by atoms with Gasteiger partial charge in [-0.25, -0.2) is 13.4 Å². The maximum Gasteiger partial charge on any atom is 0.264 e. The number of nitrogens with zero attached hydrogens (tertiary/aromatic N) is 2. The van der Waals surface area contributed by atoms with Crippen LogP contribution < -0.4 is 9.46 Å². The highest BCUT2D eigenvalue weighted by Gasteiger charge is 2.23. The van der Waals surface area contributed by atoms with Gasteiger partial charge in [-0.15, -0.1) is 0 Å². The van der Waals surface area contributed by atoms with Crippen LogP contribution in [-0.2, 0) is 32.7 Å². The maximum absolute atomic E-state index is 12.9. The minimum Gasteiger partial charge on any atom is -0.470 e. The number of aromatic nitrogens is 2. The highest BCUT2D eigenvalue weighted by Crippen LogP contribution is 2.31. The van der Waals surface area contributed by atoms with Crippen LogP contribution in [0, 0.1) is 0 Å². The molecule has 0 aliphatic carbocycles. The first-order valence-electron chi connectivity index (χ1n) is 10.7. The molecule has 1 aliphatic rings. The quantitative estimate of drug-likeness (QED) is 0.351. The molecule has 1 unspecified atom stereocenters. The lowest BCUT2D eigenvalue weighted by Crippen LogP contribution is -2.22. The number of halogens is 3. The lowest BCUT2D eigenvalue weighted by molar-refractivity contribution is -0.168. The van der Waals surface area contributed by atoms with E-state index in [1.807, 2.05) is 24.3 Å². The fourth-order valence-corrected chi connectivity index (χ4v) is 5.28. The summed E-state index contributed by atoms with van der Waals surface area (Å²) in [5.41, 5.74) is 1.78. The van der Waals surface area contributed by atoms with Crippen molar-refractivity contribution in [1.29, 1.82) is 0 Å². The highest BCUT2D eigenvalue weighted by atomic mass is 35.5. The number of hydrogen-bond donors (Lipinski definition) is 1. The first-order chi connectivity index (χ1) is 16.8. The van der Waals surface area contributed by atoms with Gasteiger partial charge in [0, 0.05) is 6.61 Å². The smallest absolute Gasteiger partial charge is 0.264 e. The Kier molecular flexibility index (Phi) is 8.69. The third kappa shape index (κ3) is 6.97. The normalized spacial score (nSPS) is 16.1. The van der Waals surface area contributed by atoms with E-state index in [9.17, 15) is 8.42 Å². The second-order valence-electron chi connectivity index (χ2n) is 7.72. The zero-order valence-corrected chi connectivity index (χ0v) is 21.5. The van der Waals surface area contributed by atoms with Gasteiger partial charge in [0.2, 0.25) is 5.82 Å². The molecule has 12 heteroatoms. The van der Waals surface area contributed by atoms with Crippen molar-refractivity contribution in [3.05, 3.63) is 75.0 Å². The summed E-state index contributed by atoms with van der Waals surface area (Å²) in [6.07, 6.45) is 4.05. The minimum absolute atomic E-state index is 0.0402. The number of sulfonamides is 1. The SMILES string of the molecule is O=S(=O)(Nc1ncc(Cl)nc1OCc1cccc(COC2CCCCO2)c1)c1cccc(Cl)c1Cl. The summed E-state index contributed by atoms with van der Waals surface area (Å²) in [4.78, 5) is 7.91. The van der Waals surface area contributed by atoms with Crippen LogP contribution >= 0.6 is 34.8 Å². The Bertz CT molecular complexity index is 1290. The molecule has 0 saturated carbocycles. The maximum atomic E-state index is 12.9. The van der Waals surface area contributed by atoms with Crippen LogP contribution in [-0.4, -0.2) is 31.3 Å². The van der Waals surface area contributed by atoms with Gasteiger partial charge in [0.1, 0.15) is 11.5 Å². The van der Waals surface area contributed by atoms with Crippen LogP contribution in [0.4, 0.5) is 5.82 Å². The summed E-state index contributed by atoms with van der Waals surface area (Å²) >= 11 is 18.0. The lowest BCUT2D eigenvalue weighted by atomic mass is 10.1. The molecule has 1 atom stereocenters. The summed E-state index contributed by atoms with van der Waals surface area (Å²) in [5.74, 6) is -0.226. The molecule has 35 heavy (non-hydrogen) atoms. The van der Waals surface area contributed by atoms with Gasteiger partial charge in [-0.2, -0.15) is 4.98 Å². The number of benzene rings is 2. The second kappa shape index (κ2) is 11.7. The van der Waals surface area contributed by atoms with Crippen molar-refractivity contribution in [2.45, 2.75) is 43.7 Å². The van der Waals surface area contributed by atoms with E-state index in [2.05, 4.69) is 14.7 Å². The van der Waals surface area contributed by atoms with Crippen molar-refractivity contribution < 1.29 is 22.6 Å². The molecule has 8 nitrogen and oxygen atoms in total. The number of ether oxygens (including phenoxy) is 3. The molecule has 4 rings (SSSR count). The standard InChI is InChI=1S/C23H22Cl3N3O5S/c24-17-7-4-8-18(21(17)26)35(30,31)29-22-23(28-19(25)12-27-22)34-14-16-6-3-5-15(11-16)13-33-20-9-1-2-10-32-20/h3-8,11-12,20H,1-2,9-10,13-14H2,(H,27,29). The summed E-state index contributed by atoms with van der Waals surface area (Å²) in [7, 11) is -4.13. The Labute approximate surface area is 218 Å². The molecular formula is C23H22Cl3N3O5S. The van der Waals surface area contributed by atoms with Crippen molar-refractivity contribution in [2.24, 2.45) is 0 Å². The first kappa shape index (κ1) is 25.9. The van der Waals surface area contributed by atoms with Gasteiger partial charge in [-0.1, -0.05) is 65.1 Å². The summed E-state index contributed by atoms with van der Waals surface area (Å²) < 4.78 is 45.4. The fraction of sp³-hybridized carbons (Fsp3) is 0.304. The van der Waals surface area contributed by atoms with Crippen LogP contribution in [0.1, 0.15) is 30.4 Å². The third-order valence-electron chi connectivity index (χ3n) is 5.09. The number of rotatable bonds is 9. The van der Waals surface area contributed by atoms with Gasteiger partial charge in [0.05, 0.1) is 22.8 Å². The summed E-state index contributed by atoms with van der Waals surface area (Å²) in [6.45, 7) is 1.21.